The summed E-state index contributed by atoms with van der Waals surface area (Å²) in [5.74, 6) is 0.0700. The Morgan fingerprint density at radius 1 is 1.37 bits per heavy atom. The fourth-order valence-electron chi connectivity index (χ4n) is 2.69. The van der Waals surface area contributed by atoms with Gasteiger partial charge in [0.25, 0.3) is 0 Å². The zero-order valence-corrected chi connectivity index (χ0v) is 12.9. The summed E-state index contributed by atoms with van der Waals surface area (Å²) < 4.78 is 4.93. The van der Waals surface area contributed by atoms with Crippen LogP contribution in [0.5, 0.6) is 0 Å². The van der Waals surface area contributed by atoms with E-state index in [4.69, 9.17) is 4.74 Å². The highest BCUT2D eigenvalue weighted by molar-refractivity contribution is 5.81. The number of ether oxygens (including phenoxy) is 1. The van der Waals surface area contributed by atoms with Gasteiger partial charge in [0.05, 0.1) is 12.6 Å². The Morgan fingerprint density at radius 3 is 2.79 bits per heavy atom. The Labute approximate surface area is 117 Å². The largest absolute Gasteiger partial charge is 0.383 e. The van der Waals surface area contributed by atoms with E-state index in [0.717, 1.165) is 0 Å². The summed E-state index contributed by atoms with van der Waals surface area (Å²) in [5.41, 5.74) is 0.459. The Hall–Kier alpha value is -0.610. The van der Waals surface area contributed by atoms with Crippen molar-refractivity contribution in [3.8, 4) is 0 Å². The second kappa shape index (κ2) is 7.85. The van der Waals surface area contributed by atoms with Crippen molar-refractivity contribution >= 4 is 5.91 Å². The minimum atomic E-state index is -0.122. The van der Waals surface area contributed by atoms with E-state index in [1.807, 2.05) is 6.92 Å². The van der Waals surface area contributed by atoms with Crippen LogP contribution in [0, 0.1) is 5.41 Å². The van der Waals surface area contributed by atoms with Crippen molar-refractivity contribution in [3.05, 3.63) is 0 Å². The molecule has 1 aliphatic rings. The van der Waals surface area contributed by atoms with Gasteiger partial charge in [0.15, 0.2) is 0 Å². The average molecular weight is 270 g/mol. The van der Waals surface area contributed by atoms with Gasteiger partial charge in [-0.3, -0.25) is 4.79 Å². The zero-order valence-electron chi connectivity index (χ0n) is 12.9. The van der Waals surface area contributed by atoms with Crippen LogP contribution in [0.1, 0.15) is 52.9 Å². The van der Waals surface area contributed by atoms with Crippen molar-refractivity contribution in [2.24, 2.45) is 5.41 Å². The van der Waals surface area contributed by atoms with Gasteiger partial charge in [0.1, 0.15) is 0 Å². The molecule has 2 N–H and O–H groups in total. The molecule has 1 amide bonds. The number of methoxy groups -OCH3 is 1. The van der Waals surface area contributed by atoms with Gasteiger partial charge in [-0.05, 0) is 38.0 Å². The van der Waals surface area contributed by atoms with Crippen LogP contribution in [-0.4, -0.2) is 38.3 Å². The van der Waals surface area contributed by atoms with Crippen LogP contribution in [0.4, 0.5) is 0 Å². The van der Waals surface area contributed by atoms with E-state index in [-0.39, 0.29) is 11.9 Å². The molecular weight excluding hydrogens is 240 g/mol. The van der Waals surface area contributed by atoms with Crippen LogP contribution in [0.2, 0.25) is 0 Å². The summed E-state index contributed by atoms with van der Waals surface area (Å²) >= 11 is 0. The summed E-state index contributed by atoms with van der Waals surface area (Å²) in [5, 5.41) is 6.35. The number of hydrogen-bond donors (Lipinski definition) is 2. The molecule has 19 heavy (non-hydrogen) atoms. The lowest BCUT2D eigenvalue weighted by molar-refractivity contribution is -0.123. The monoisotopic (exact) mass is 270 g/mol. The SMILES string of the molecule is COCCNC(=O)C(C)NC1CCCC(C)(C)CC1. The average Bonchev–Trinajstić information content (AvgIpc) is 2.51. The highest BCUT2D eigenvalue weighted by atomic mass is 16.5. The first-order valence-corrected chi connectivity index (χ1v) is 7.47. The van der Waals surface area contributed by atoms with Gasteiger partial charge in [-0.1, -0.05) is 20.3 Å². The molecule has 0 aromatic carbocycles. The van der Waals surface area contributed by atoms with Gasteiger partial charge in [-0.2, -0.15) is 0 Å². The molecule has 2 unspecified atom stereocenters. The Bertz CT molecular complexity index is 279. The maximum Gasteiger partial charge on any atom is 0.236 e. The summed E-state index contributed by atoms with van der Waals surface area (Å²) in [6.07, 6.45) is 6.13. The third kappa shape index (κ3) is 6.39. The smallest absolute Gasteiger partial charge is 0.236 e. The summed E-state index contributed by atoms with van der Waals surface area (Å²) in [7, 11) is 1.64. The zero-order chi connectivity index (χ0) is 14.3. The van der Waals surface area contributed by atoms with E-state index in [2.05, 4.69) is 24.5 Å². The van der Waals surface area contributed by atoms with Crippen LogP contribution >= 0.6 is 0 Å². The maximum atomic E-state index is 11.9. The molecule has 0 aromatic heterocycles. The van der Waals surface area contributed by atoms with Gasteiger partial charge >= 0.3 is 0 Å². The summed E-state index contributed by atoms with van der Waals surface area (Å²) in [6.45, 7) is 7.78. The predicted octanol–water partition coefficient (Wildman–Crippen LogP) is 2.09. The van der Waals surface area contributed by atoms with Gasteiger partial charge in [-0.25, -0.2) is 0 Å². The number of nitrogens with one attached hydrogen (secondary N) is 2. The van der Waals surface area contributed by atoms with Crippen molar-refractivity contribution in [1.82, 2.24) is 10.6 Å². The number of carbonyl (C=O) groups excluding carboxylic acids is 1. The second-order valence-electron chi connectivity index (χ2n) is 6.46. The van der Waals surface area contributed by atoms with Crippen LogP contribution in [-0.2, 0) is 9.53 Å². The number of hydrogen-bond acceptors (Lipinski definition) is 3. The molecule has 1 rings (SSSR count). The summed E-state index contributed by atoms with van der Waals surface area (Å²) in [4.78, 5) is 11.9. The Balaban J connectivity index is 2.31. The molecule has 0 bridgehead atoms. The molecule has 0 saturated heterocycles. The topological polar surface area (TPSA) is 50.4 Å². The quantitative estimate of drug-likeness (QED) is 0.574. The summed E-state index contributed by atoms with van der Waals surface area (Å²) in [6, 6.07) is 0.355. The molecular formula is C15H30N2O2. The molecule has 1 saturated carbocycles. The van der Waals surface area contributed by atoms with E-state index < -0.39 is 0 Å². The van der Waals surface area contributed by atoms with Crippen molar-refractivity contribution in [3.63, 3.8) is 0 Å². The first-order chi connectivity index (χ1) is 8.94. The van der Waals surface area contributed by atoms with Gasteiger partial charge in [-0.15, -0.1) is 0 Å². The molecule has 2 atom stereocenters. The molecule has 4 nitrogen and oxygen atoms in total. The molecule has 0 aliphatic heterocycles. The number of rotatable bonds is 6. The highest BCUT2D eigenvalue weighted by Crippen LogP contribution is 2.33. The van der Waals surface area contributed by atoms with E-state index >= 15 is 0 Å². The lowest BCUT2D eigenvalue weighted by Crippen LogP contribution is -2.47. The molecule has 0 heterocycles. The fraction of sp³-hybridized carbons (Fsp3) is 0.933. The normalized spacial score (nSPS) is 24.5. The van der Waals surface area contributed by atoms with Crippen molar-refractivity contribution < 1.29 is 9.53 Å². The minimum Gasteiger partial charge on any atom is -0.383 e. The van der Waals surface area contributed by atoms with E-state index in [9.17, 15) is 4.79 Å². The Morgan fingerprint density at radius 2 is 2.11 bits per heavy atom. The molecule has 1 fully saturated rings. The van der Waals surface area contributed by atoms with Crippen LogP contribution in [0.15, 0.2) is 0 Å². The van der Waals surface area contributed by atoms with Crippen molar-refractivity contribution in [2.75, 3.05) is 20.3 Å². The Kier molecular flexibility index (Phi) is 6.80. The van der Waals surface area contributed by atoms with Crippen LogP contribution in [0.3, 0.4) is 0 Å². The molecule has 0 radical (unpaired) electrons. The van der Waals surface area contributed by atoms with Crippen molar-refractivity contribution in [1.29, 1.82) is 0 Å². The highest BCUT2D eigenvalue weighted by Gasteiger charge is 2.25. The predicted molar refractivity (Wildman–Crippen MR) is 78.1 cm³/mol. The molecule has 1 aliphatic carbocycles. The minimum absolute atomic E-state index is 0.0700. The first-order valence-electron chi connectivity index (χ1n) is 7.47. The van der Waals surface area contributed by atoms with Gasteiger partial charge in [0, 0.05) is 19.7 Å². The standard InChI is InChI=1S/C15H30N2O2/c1-12(14(18)16-10-11-19-4)17-13-6-5-8-15(2,3)9-7-13/h12-13,17H,5-11H2,1-4H3,(H,16,18). The lowest BCUT2D eigenvalue weighted by Gasteiger charge is -2.23. The molecule has 112 valence electrons. The lowest BCUT2D eigenvalue weighted by atomic mass is 9.85. The first kappa shape index (κ1) is 16.4. The van der Waals surface area contributed by atoms with E-state index in [0.29, 0.717) is 24.6 Å². The second-order valence-corrected chi connectivity index (χ2v) is 6.46. The van der Waals surface area contributed by atoms with Crippen LogP contribution in [0.25, 0.3) is 0 Å². The van der Waals surface area contributed by atoms with Crippen molar-refractivity contribution in [2.45, 2.75) is 65.0 Å². The van der Waals surface area contributed by atoms with Crippen LogP contribution < -0.4 is 10.6 Å². The number of amides is 1. The van der Waals surface area contributed by atoms with Gasteiger partial charge in [0.2, 0.25) is 5.91 Å². The molecule has 0 spiro atoms. The number of carbonyl (C=O) groups is 1. The molecule has 4 heteroatoms. The third-order valence-corrected chi connectivity index (χ3v) is 4.06. The van der Waals surface area contributed by atoms with Gasteiger partial charge < -0.3 is 15.4 Å². The molecule has 0 aromatic rings. The third-order valence-electron chi connectivity index (χ3n) is 4.06. The maximum absolute atomic E-state index is 11.9. The van der Waals surface area contributed by atoms with E-state index in [1.165, 1.54) is 32.1 Å². The van der Waals surface area contributed by atoms with E-state index in [1.54, 1.807) is 7.11 Å². The fourth-order valence-corrected chi connectivity index (χ4v) is 2.69.